The number of nitrogens with one attached hydrogen (secondary N) is 1. The number of carbonyl (C=O) groups is 1. The fourth-order valence-electron chi connectivity index (χ4n) is 3.84. The minimum absolute atomic E-state index is 0.0951. The molecule has 5 nitrogen and oxygen atoms in total. The van der Waals surface area contributed by atoms with Crippen molar-refractivity contribution in [2.45, 2.75) is 56.4 Å². The average molecular weight is 409 g/mol. The summed E-state index contributed by atoms with van der Waals surface area (Å²) < 4.78 is 0. The standard InChI is InChI=1S/C21H20N4OS2/c22-11-14-10-13-4-3-6-17(13)24-20(14)27-9-8-19(26)25-21-16(12-23)15-5-1-2-7-18(15)28-21/h10H,1-9H2,(H,25,26). The number of carbonyl (C=O) groups excluding carboxylic acids is 1. The van der Waals surface area contributed by atoms with Crippen LogP contribution in [0.1, 0.15) is 58.5 Å². The summed E-state index contributed by atoms with van der Waals surface area (Å²) in [6.45, 7) is 0. The average Bonchev–Trinajstić information content (AvgIpc) is 3.30. The topological polar surface area (TPSA) is 89.6 Å². The summed E-state index contributed by atoms with van der Waals surface area (Å²) in [5, 5.41) is 23.2. The Hall–Kier alpha value is -2.35. The van der Waals surface area contributed by atoms with E-state index < -0.39 is 0 Å². The molecule has 0 aliphatic heterocycles. The van der Waals surface area contributed by atoms with Gasteiger partial charge in [-0.05, 0) is 62.1 Å². The maximum absolute atomic E-state index is 12.4. The van der Waals surface area contributed by atoms with Crippen LogP contribution in [0, 0.1) is 22.7 Å². The first-order valence-electron chi connectivity index (χ1n) is 9.59. The van der Waals surface area contributed by atoms with Crippen molar-refractivity contribution < 1.29 is 4.79 Å². The van der Waals surface area contributed by atoms with Crippen LogP contribution < -0.4 is 5.32 Å². The summed E-state index contributed by atoms with van der Waals surface area (Å²) >= 11 is 3.01. The van der Waals surface area contributed by atoms with Crippen molar-refractivity contribution in [2.75, 3.05) is 11.1 Å². The Labute approximate surface area is 172 Å². The number of nitriles is 2. The van der Waals surface area contributed by atoms with Crippen LogP contribution in [0.4, 0.5) is 5.00 Å². The second kappa shape index (κ2) is 8.34. The van der Waals surface area contributed by atoms with E-state index in [2.05, 4.69) is 22.4 Å². The van der Waals surface area contributed by atoms with Crippen molar-refractivity contribution in [2.24, 2.45) is 0 Å². The SMILES string of the molecule is N#Cc1cc2c(nc1SCCC(=O)Nc1sc3c(c1C#N)CCCC3)CCC2. The molecule has 0 saturated heterocycles. The number of amides is 1. The lowest BCUT2D eigenvalue weighted by molar-refractivity contribution is -0.115. The lowest BCUT2D eigenvalue weighted by atomic mass is 9.96. The van der Waals surface area contributed by atoms with E-state index in [1.807, 2.05) is 6.07 Å². The molecule has 2 aliphatic rings. The third-order valence-electron chi connectivity index (χ3n) is 5.24. The molecule has 2 aromatic heterocycles. The van der Waals surface area contributed by atoms with E-state index in [1.165, 1.54) is 22.2 Å². The number of aromatic nitrogens is 1. The van der Waals surface area contributed by atoms with Gasteiger partial charge in [-0.15, -0.1) is 23.1 Å². The van der Waals surface area contributed by atoms with Crippen LogP contribution in [0.25, 0.3) is 0 Å². The zero-order valence-corrected chi connectivity index (χ0v) is 17.1. The predicted molar refractivity (Wildman–Crippen MR) is 111 cm³/mol. The summed E-state index contributed by atoms with van der Waals surface area (Å²) in [6, 6.07) is 6.45. The molecule has 0 fully saturated rings. The van der Waals surface area contributed by atoms with Gasteiger partial charge in [-0.3, -0.25) is 4.79 Å². The third kappa shape index (κ3) is 3.78. The Bertz CT molecular complexity index is 1010. The number of thiophene rings is 1. The first kappa shape index (κ1) is 19.0. The highest BCUT2D eigenvalue weighted by atomic mass is 32.2. The van der Waals surface area contributed by atoms with Crippen molar-refractivity contribution >= 4 is 34.0 Å². The fourth-order valence-corrected chi connectivity index (χ4v) is 6.02. The highest BCUT2D eigenvalue weighted by Crippen LogP contribution is 2.37. The lowest BCUT2D eigenvalue weighted by Gasteiger charge is -2.09. The van der Waals surface area contributed by atoms with Gasteiger partial charge in [-0.2, -0.15) is 10.5 Å². The Balaban J connectivity index is 1.38. The highest BCUT2D eigenvalue weighted by molar-refractivity contribution is 7.99. The van der Waals surface area contributed by atoms with Crippen LogP contribution in [0.5, 0.6) is 0 Å². The Kier molecular flexibility index (Phi) is 5.66. The van der Waals surface area contributed by atoms with Crippen molar-refractivity contribution in [3.05, 3.63) is 38.9 Å². The number of hydrogen-bond acceptors (Lipinski definition) is 6. The molecule has 0 unspecified atom stereocenters. The van der Waals surface area contributed by atoms with E-state index in [1.54, 1.807) is 11.3 Å². The number of rotatable bonds is 5. The van der Waals surface area contributed by atoms with Gasteiger partial charge >= 0.3 is 0 Å². The maximum Gasteiger partial charge on any atom is 0.225 e. The van der Waals surface area contributed by atoms with Crippen LogP contribution in [0.15, 0.2) is 11.1 Å². The largest absolute Gasteiger partial charge is 0.317 e. The number of anilines is 1. The maximum atomic E-state index is 12.4. The molecule has 0 radical (unpaired) electrons. The quantitative estimate of drug-likeness (QED) is 0.742. The molecule has 4 rings (SSSR count). The van der Waals surface area contributed by atoms with E-state index in [4.69, 9.17) is 0 Å². The van der Waals surface area contributed by atoms with E-state index in [0.29, 0.717) is 28.3 Å². The van der Waals surface area contributed by atoms with Crippen LogP contribution >= 0.6 is 23.1 Å². The van der Waals surface area contributed by atoms with Crippen molar-refractivity contribution in [1.82, 2.24) is 4.98 Å². The summed E-state index contributed by atoms with van der Waals surface area (Å²) in [6.07, 6.45) is 7.57. The Morgan fingerprint density at radius 3 is 2.86 bits per heavy atom. The zero-order valence-electron chi connectivity index (χ0n) is 15.5. The molecule has 0 atom stereocenters. The van der Waals surface area contributed by atoms with Gasteiger partial charge in [-0.25, -0.2) is 4.98 Å². The van der Waals surface area contributed by atoms with E-state index >= 15 is 0 Å². The van der Waals surface area contributed by atoms with E-state index in [-0.39, 0.29) is 5.91 Å². The Morgan fingerprint density at radius 1 is 1.18 bits per heavy atom. The number of nitrogens with zero attached hydrogens (tertiary/aromatic N) is 3. The highest BCUT2D eigenvalue weighted by Gasteiger charge is 2.22. The molecule has 142 valence electrons. The van der Waals surface area contributed by atoms with Crippen LogP contribution in [-0.4, -0.2) is 16.6 Å². The van der Waals surface area contributed by atoms with E-state index in [0.717, 1.165) is 61.2 Å². The molecule has 2 aliphatic carbocycles. The number of pyridine rings is 1. The molecular weight excluding hydrogens is 388 g/mol. The summed E-state index contributed by atoms with van der Waals surface area (Å²) in [4.78, 5) is 18.3. The van der Waals surface area contributed by atoms with Gasteiger partial charge in [0, 0.05) is 22.7 Å². The molecule has 0 aromatic carbocycles. The van der Waals surface area contributed by atoms with Crippen molar-refractivity contribution in [3.8, 4) is 12.1 Å². The molecule has 28 heavy (non-hydrogen) atoms. The molecule has 0 spiro atoms. The molecule has 0 saturated carbocycles. The lowest BCUT2D eigenvalue weighted by Crippen LogP contribution is -2.12. The van der Waals surface area contributed by atoms with Crippen LogP contribution in [-0.2, 0) is 30.5 Å². The molecule has 2 aromatic rings. The number of hydrogen-bond donors (Lipinski definition) is 1. The number of fused-ring (bicyclic) bond motifs is 2. The van der Waals surface area contributed by atoms with Gasteiger partial charge in [-0.1, -0.05) is 0 Å². The molecule has 1 N–H and O–H groups in total. The second-order valence-electron chi connectivity index (χ2n) is 7.09. The zero-order chi connectivity index (χ0) is 19.5. The molecule has 1 amide bonds. The molecular formula is C21H20N4OS2. The minimum atomic E-state index is -0.0951. The van der Waals surface area contributed by atoms with Gasteiger partial charge in [0.1, 0.15) is 22.2 Å². The Morgan fingerprint density at radius 2 is 2.04 bits per heavy atom. The van der Waals surface area contributed by atoms with Crippen molar-refractivity contribution in [1.29, 1.82) is 10.5 Å². The smallest absolute Gasteiger partial charge is 0.225 e. The molecule has 0 bridgehead atoms. The summed E-state index contributed by atoms with van der Waals surface area (Å²) in [5.74, 6) is 0.460. The van der Waals surface area contributed by atoms with Gasteiger partial charge in [0.15, 0.2) is 0 Å². The number of aryl methyl sites for hydroxylation is 3. The van der Waals surface area contributed by atoms with Gasteiger partial charge < -0.3 is 5.32 Å². The monoisotopic (exact) mass is 408 g/mol. The summed E-state index contributed by atoms with van der Waals surface area (Å²) in [7, 11) is 0. The van der Waals surface area contributed by atoms with Gasteiger partial charge in [0.05, 0.1) is 11.1 Å². The first-order valence-corrected chi connectivity index (χ1v) is 11.4. The summed E-state index contributed by atoms with van der Waals surface area (Å²) in [5.41, 5.74) is 4.65. The number of thioether (sulfide) groups is 1. The minimum Gasteiger partial charge on any atom is -0.317 e. The van der Waals surface area contributed by atoms with Gasteiger partial charge in [0.25, 0.3) is 0 Å². The second-order valence-corrected chi connectivity index (χ2v) is 9.27. The normalized spacial score (nSPS) is 14.6. The molecule has 2 heterocycles. The van der Waals surface area contributed by atoms with Crippen molar-refractivity contribution in [3.63, 3.8) is 0 Å². The van der Waals surface area contributed by atoms with Gasteiger partial charge in [0.2, 0.25) is 5.91 Å². The first-order chi connectivity index (χ1) is 13.7. The molecule has 7 heteroatoms. The fraction of sp³-hybridized carbons (Fsp3) is 0.429. The third-order valence-corrected chi connectivity index (χ3v) is 7.44. The van der Waals surface area contributed by atoms with Crippen LogP contribution in [0.2, 0.25) is 0 Å². The van der Waals surface area contributed by atoms with E-state index in [9.17, 15) is 15.3 Å². The van der Waals surface area contributed by atoms with Crippen LogP contribution in [0.3, 0.4) is 0 Å². The predicted octanol–water partition coefficient (Wildman–Crippen LogP) is 4.37.